The normalized spacial score (nSPS) is 13.8. The van der Waals surface area contributed by atoms with Crippen LogP contribution in [-0.4, -0.2) is 18.0 Å². The molecule has 1 aliphatic rings. The van der Waals surface area contributed by atoms with Crippen molar-refractivity contribution in [2.24, 2.45) is 0 Å². The van der Waals surface area contributed by atoms with Gasteiger partial charge >= 0.3 is 10.1 Å². The molecule has 0 unspecified atom stereocenters. The Morgan fingerprint density at radius 2 is 1.56 bits per heavy atom. The Balaban J connectivity index is 0.000000170. The van der Waals surface area contributed by atoms with Gasteiger partial charge in [0.05, 0.1) is 0 Å². The van der Waals surface area contributed by atoms with Gasteiger partial charge in [0.15, 0.2) is 5.03 Å². The molecule has 4 aromatic rings. The van der Waals surface area contributed by atoms with Gasteiger partial charge < -0.3 is 4.98 Å². The molecule has 1 heterocycles. The minimum absolute atomic E-state index is 0.178. The molecule has 0 amide bonds. The average molecular weight is 379 g/mol. The molecule has 0 spiro atoms. The molecule has 4 nitrogen and oxygen atoms in total. The Bertz CT molecular complexity index is 1200. The number of H-pyrrole nitrogens is 1. The minimum atomic E-state index is -4.02. The van der Waals surface area contributed by atoms with Crippen LogP contribution in [-0.2, 0) is 23.0 Å². The molecule has 5 rings (SSSR count). The molecule has 138 valence electrons. The van der Waals surface area contributed by atoms with Crippen LogP contribution in [0.1, 0.15) is 24.0 Å². The van der Waals surface area contributed by atoms with E-state index < -0.39 is 10.1 Å². The van der Waals surface area contributed by atoms with Crippen molar-refractivity contribution in [3.8, 4) is 0 Å². The van der Waals surface area contributed by atoms with Gasteiger partial charge in [0.1, 0.15) is 0 Å². The predicted octanol–water partition coefficient (Wildman–Crippen LogP) is 5.13. The number of aromatic nitrogens is 1. The van der Waals surface area contributed by atoms with Crippen LogP contribution in [0.2, 0.25) is 0 Å². The van der Waals surface area contributed by atoms with E-state index in [1.165, 1.54) is 65.6 Å². The highest BCUT2D eigenvalue weighted by atomic mass is 32.2. The number of aromatic amines is 1. The van der Waals surface area contributed by atoms with Gasteiger partial charge in [0.25, 0.3) is 0 Å². The number of nitrogens with one attached hydrogen (secondary N) is 1. The second-order valence-corrected chi connectivity index (χ2v) is 8.19. The van der Waals surface area contributed by atoms with E-state index in [0.717, 1.165) is 0 Å². The summed E-state index contributed by atoms with van der Waals surface area (Å²) in [6, 6.07) is 20.7. The number of aryl methyl sites for hydroxylation is 2. The lowest BCUT2D eigenvalue weighted by molar-refractivity contribution is 0.480. The molecule has 0 radical (unpaired) electrons. The Kier molecular flexibility index (Phi) is 4.72. The van der Waals surface area contributed by atoms with Crippen LogP contribution in [0.3, 0.4) is 0 Å². The molecular formula is C22H21NO3S. The van der Waals surface area contributed by atoms with Crippen LogP contribution in [0.25, 0.3) is 21.5 Å². The summed E-state index contributed by atoms with van der Waals surface area (Å²) in [4.78, 5) is 2.34. The highest BCUT2D eigenvalue weighted by Crippen LogP contribution is 2.33. The molecule has 0 saturated heterocycles. The summed E-state index contributed by atoms with van der Waals surface area (Å²) in [6.45, 7) is 0. The van der Waals surface area contributed by atoms with Crippen LogP contribution < -0.4 is 0 Å². The summed E-state index contributed by atoms with van der Waals surface area (Å²) in [5, 5.41) is 5.46. The summed E-state index contributed by atoms with van der Waals surface area (Å²) in [5.74, 6) is 0. The van der Waals surface area contributed by atoms with Crippen molar-refractivity contribution in [3.05, 3.63) is 78.0 Å². The maximum Gasteiger partial charge on any atom is 0.310 e. The van der Waals surface area contributed by atoms with Gasteiger partial charge in [-0.15, -0.1) is 0 Å². The van der Waals surface area contributed by atoms with Crippen molar-refractivity contribution in [2.45, 2.75) is 30.7 Å². The molecule has 1 aliphatic carbocycles. The fourth-order valence-corrected chi connectivity index (χ4v) is 4.28. The largest absolute Gasteiger partial charge is 0.350 e. The van der Waals surface area contributed by atoms with E-state index in [-0.39, 0.29) is 5.03 Å². The molecule has 0 bridgehead atoms. The zero-order chi connectivity index (χ0) is 18.9. The van der Waals surface area contributed by atoms with Gasteiger partial charge in [-0.2, -0.15) is 8.42 Å². The third-order valence-electron chi connectivity index (χ3n) is 5.10. The van der Waals surface area contributed by atoms with Gasteiger partial charge in [-0.05, 0) is 70.5 Å². The molecule has 2 N–H and O–H groups in total. The lowest BCUT2D eigenvalue weighted by Crippen LogP contribution is -2.02. The minimum Gasteiger partial charge on any atom is -0.350 e. The predicted molar refractivity (Wildman–Crippen MR) is 109 cm³/mol. The third-order valence-corrected chi connectivity index (χ3v) is 5.91. The topological polar surface area (TPSA) is 70.2 Å². The van der Waals surface area contributed by atoms with Crippen molar-refractivity contribution in [1.82, 2.24) is 4.98 Å². The zero-order valence-corrected chi connectivity index (χ0v) is 15.7. The number of fused-ring (bicyclic) bond motifs is 5. The zero-order valence-electron chi connectivity index (χ0n) is 14.9. The van der Waals surface area contributed by atoms with E-state index in [0.29, 0.717) is 0 Å². The smallest absolute Gasteiger partial charge is 0.310 e. The second kappa shape index (κ2) is 7.18. The number of rotatable bonds is 1. The first-order valence-corrected chi connectivity index (χ1v) is 10.5. The molecule has 0 saturated carbocycles. The Labute approximate surface area is 158 Å². The van der Waals surface area contributed by atoms with Gasteiger partial charge in [0, 0.05) is 6.20 Å². The highest BCUT2D eigenvalue weighted by Gasteiger charge is 2.13. The third kappa shape index (κ3) is 3.61. The fraction of sp³-hybridized carbons (Fsp3) is 0.182. The summed E-state index contributed by atoms with van der Waals surface area (Å²) < 4.78 is 28.8. The number of hydrogen-bond donors (Lipinski definition) is 2. The monoisotopic (exact) mass is 379 g/mol. The van der Waals surface area contributed by atoms with Crippen molar-refractivity contribution >= 4 is 31.7 Å². The van der Waals surface area contributed by atoms with Crippen molar-refractivity contribution in [1.29, 1.82) is 0 Å². The average Bonchev–Trinajstić information content (AvgIpc) is 3.23. The summed E-state index contributed by atoms with van der Waals surface area (Å²) in [6.07, 6.45) is 6.64. The summed E-state index contributed by atoms with van der Waals surface area (Å²) in [5.41, 5.74) is 3.17. The molecule has 5 heteroatoms. The lowest BCUT2D eigenvalue weighted by atomic mass is 9.86. The Morgan fingerprint density at radius 3 is 2.30 bits per heavy atom. The van der Waals surface area contributed by atoms with E-state index in [9.17, 15) is 8.42 Å². The van der Waals surface area contributed by atoms with Crippen LogP contribution in [0.5, 0.6) is 0 Å². The SMILES string of the molecule is O=S(=O)(O)c1ccc[nH]1.c1ccc2c(c1)ccc1c3c(ccc12)CCCC3. The highest BCUT2D eigenvalue weighted by molar-refractivity contribution is 7.85. The molecule has 27 heavy (non-hydrogen) atoms. The van der Waals surface area contributed by atoms with E-state index in [1.54, 1.807) is 11.1 Å². The molecule has 0 fully saturated rings. The first-order valence-electron chi connectivity index (χ1n) is 9.07. The standard InChI is InChI=1S/C18H16.C4H5NO3S/c1-3-7-15-13(5-1)9-11-18-16-8-4-2-6-14(16)10-12-17(15)18;6-9(7,8)4-2-1-3-5-4/h1,3,5,7,9-12H,2,4,6,8H2;1-3,5H,(H,6,7,8). The quantitative estimate of drug-likeness (QED) is 0.356. The first kappa shape index (κ1) is 17.8. The fourth-order valence-electron chi connectivity index (χ4n) is 3.82. The van der Waals surface area contributed by atoms with Crippen molar-refractivity contribution in [3.63, 3.8) is 0 Å². The van der Waals surface area contributed by atoms with Crippen LogP contribution in [0, 0.1) is 0 Å². The molecule has 0 aliphatic heterocycles. The Hall–Kier alpha value is -2.63. The summed E-state index contributed by atoms with van der Waals surface area (Å²) in [7, 11) is -4.02. The maximum atomic E-state index is 10.2. The first-order chi connectivity index (χ1) is 13.0. The molecular weight excluding hydrogens is 358 g/mol. The molecule has 1 aromatic heterocycles. The van der Waals surface area contributed by atoms with Gasteiger partial charge in [-0.25, -0.2) is 0 Å². The van der Waals surface area contributed by atoms with E-state index in [4.69, 9.17) is 4.55 Å². The van der Waals surface area contributed by atoms with E-state index in [2.05, 4.69) is 53.5 Å². The van der Waals surface area contributed by atoms with Gasteiger partial charge in [-0.1, -0.05) is 48.5 Å². The van der Waals surface area contributed by atoms with Gasteiger partial charge in [0.2, 0.25) is 0 Å². The van der Waals surface area contributed by atoms with Crippen molar-refractivity contribution in [2.75, 3.05) is 0 Å². The van der Waals surface area contributed by atoms with Crippen LogP contribution >= 0.6 is 0 Å². The number of benzene rings is 3. The lowest BCUT2D eigenvalue weighted by Gasteiger charge is -2.18. The van der Waals surface area contributed by atoms with E-state index in [1.807, 2.05) is 0 Å². The van der Waals surface area contributed by atoms with Crippen LogP contribution in [0.4, 0.5) is 0 Å². The molecule has 0 atom stereocenters. The molecule has 3 aromatic carbocycles. The Morgan fingerprint density at radius 1 is 0.778 bits per heavy atom. The van der Waals surface area contributed by atoms with Crippen molar-refractivity contribution < 1.29 is 13.0 Å². The second-order valence-electron chi connectivity index (χ2n) is 6.80. The van der Waals surface area contributed by atoms with E-state index >= 15 is 0 Å². The number of hydrogen-bond acceptors (Lipinski definition) is 2. The maximum absolute atomic E-state index is 10.2. The van der Waals surface area contributed by atoms with Gasteiger partial charge in [-0.3, -0.25) is 4.55 Å². The summed E-state index contributed by atoms with van der Waals surface area (Å²) >= 11 is 0. The van der Waals surface area contributed by atoms with Crippen LogP contribution in [0.15, 0.2) is 71.9 Å².